The van der Waals surface area contributed by atoms with Crippen molar-refractivity contribution in [2.24, 2.45) is 5.92 Å². The van der Waals surface area contributed by atoms with Crippen molar-refractivity contribution < 1.29 is 14.3 Å². The molecule has 0 spiro atoms. The Morgan fingerprint density at radius 1 is 1.42 bits per heavy atom. The van der Waals surface area contributed by atoms with E-state index < -0.39 is 6.16 Å². The zero-order chi connectivity index (χ0) is 9.40. The van der Waals surface area contributed by atoms with Gasteiger partial charge in [0.15, 0.2) is 0 Å². The van der Waals surface area contributed by atoms with Crippen LogP contribution in [0, 0.1) is 5.92 Å². The van der Waals surface area contributed by atoms with Crippen LogP contribution in [0.4, 0.5) is 4.79 Å². The average Bonchev–Trinajstić information content (AvgIpc) is 2.01. The minimum Gasteiger partial charge on any atom is -0.434 e. The summed E-state index contributed by atoms with van der Waals surface area (Å²) in [4.78, 5) is 10.8. The molecule has 0 heterocycles. The summed E-state index contributed by atoms with van der Waals surface area (Å²) in [5.74, 6) is 0.355. The topological polar surface area (TPSA) is 35.5 Å². The summed E-state index contributed by atoms with van der Waals surface area (Å²) < 4.78 is 9.52. The lowest BCUT2D eigenvalue weighted by Crippen LogP contribution is -2.12. The van der Waals surface area contributed by atoms with E-state index in [9.17, 15) is 4.79 Å². The van der Waals surface area contributed by atoms with Crippen LogP contribution in [0.5, 0.6) is 0 Å². The zero-order valence-corrected chi connectivity index (χ0v) is 9.09. The average molecular weight is 239 g/mol. The van der Waals surface area contributed by atoms with Crippen LogP contribution < -0.4 is 0 Å². The second-order valence-corrected chi connectivity index (χ2v) is 3.64. The molecule has 0 aliphatic carbocycles. The number of halogens is 1. The van der Waals surface area contributed by atoms with Crippen molar-refractivity contribution in [1.82, 2.24) is 0 Å². The summed E-state index contributed by atoms with van der Waals surface area (Å²) in [6, 6.07) is 0. The summed E-state index contributed by atoms with van der Waals surface area (Å²) in [5, 5.41) is 0.838. The highest BCUT2D eigenvalue weighted by atomic mass is 79.9. The molecule has 0 atom stereocenters. The van der Waals surface area contributed by atoms with Crippen molar-refractivity contribution in [3.8, 4) is 0 Å². The highest BCUT2D eigenvalue weighted by Gasteiger charge is 2.03. The predicted octanol–water partition coefficient (Wildman–Crippen LogP) is 2.58. The maximum atomic E-state index is 10.8. The Morgan fingerprint density at radius 3 is 2.58 bits per heavy atom. The largest absolute Gasteiger partial charge is 0.508 e. The molecule has 0 fully saturated rings. The maximum Gasteiger partial charge on any atom is 0.508 e. The Bertz CT molecular complexity index is 125. The standard InChI is InChI=1S/C8H15BrO3/c1-7(2)6-12-8(10)11-5-3-4-9/h7H,3-6H2,1-2H3. The fourth-order valence-corrected chi connectivity index (χ4v) is 0.715. The van der Waals surface area contributed by atoms with Crippen molar-refractivity contribution in [3.63, 3.8) is 0 Å². The van der Waals surface area contributed by atoms with Crippen LogP contribution in [-0.2, 0) is 9.47 Å². The maximum absolute atomic E-state index is 10.8. The van der Waals surface area contributed by atoms with Crippen LogP contribution >= 0.6 is 15.9 Å². The Balaban J connectivity index is 3.22. The predicted molar refractivity (Wildman–Crippen MR) is 50.5 cm³/mol. The third-order valence-corrected chi connectivity index (χ3v) is 1.59. The summed E-state index contributed by atoms with van der Waals surface area (Å²) >= 11 is 3.23. The van der Waals surface area contributed by atoms with Crippen LogP contribution in [0.1, 0.15) is 20.3 Å². The van der Waals surface area contributed by atoms with E-state index in [1.165, 1.54) is 0 Å². The highest BCUT2D eigenvalue weighted by molar-refractivity contribution is 9.09. The number of alkyl halides is 1. The molecule has 12 heavy (non-hydrogen) atoms. The third kappa shape index (κ3) is 7.85. The van der Waals surface area contributed by atoms with Crippen LogP contribution in [0.3, 0.4) is 0 Å². The molecule has 0 saturated heterocycles. The van der Waals surface area contributed by atoms with E-state index in [1.54, 1.807) is 0 Å². The first kappa shape index (κ1) is 11.8. The van der Waals surface area contributed by atoms with E-state index in [2.05, 4.69) is 15.9 Å². The minimum absolute atomic E-state index is 0.355. The van der Waals surface area contributed by atoms with Crippen molar-refractivity contribution in [1.29, 1.82) is 0 Å². The molecule has 4 heteroatoms. The molecule has 0 rings (SSSR count). The highest BCUT2D eigenvalue weighted by Crippen LogP contribution is 1.96. The lowest BCUT2D eigenvalue weighted by Gasteiger charge is -2.06. The number of hydrogen-bond donors (Lipinski definition) is 0. The molecule has 0 N–H and O–H groups in total. The van der Waals surface area contributed by atoms with Gasteiger partial charge >= 0.3 is 6.16 Å². The van der Waals surface area contributed by atoms with E-state index in [4.69, 9.17) is 9.47 Å². The van der Waals surface area contributed by atoms with Crippen molar-refractivity contribution in [2.45, 2.75) is 20.3 Å². The quantitative estimate of drug-likeness (QED) is 0.420. The first-order valence-corrected chi connectivity index (χ1v) is 5.14. The van der Waals surface area contributed by atoms with Gasteiger partial charge in [-0.15, -0.1) is 0 Å². The second kappa shape index (κ2) is 7.40. The molecule has 0 amide bonds. The molecule has 0 saturated carbocycles. The minimum atomic E-state index is -0.565. The number of hydrogen-bond acceptors (Lipinski definition) is 3. The van der Waals surface area contributed by atoms with Gasteiger partial charge in [-0.1, -0.05) is 29.8 Å². The molecule has 0 aliphatic rings. The van der Waals surface area contributed by atoms with Gasteiger partial charge in [-0.05, 0) is 12.3 Å². The SMILES string of the molecule is CC(C)COC(=O)OCCCBr. The Hall–Kier alpha value is -0.250. The number of carbonyl (C=O) groups excluding carboxylic acids is 1. The smallest absolute Gasteiger partial charge is 0.434 e. The molecule has 0 aromatic heterocycles. The number of rotatable bonds is 5. The van der Waals surface area contributed by atoms with Crippen LogP contribution in [0.25, 0.3) is 0 Å². The van der Waals surface area contributed by atoms with Crippen molar-refractivity contribution in [2.75, 3.05) is 18.5 Å². The molecule has 0 aliphatic heterocycles. The van der Waals surface area contributed by atoms with Gasteiger partial charge in [0.2, 0.25) is 0 Å². The van der Waals surface area contributed by atoms with Gasteiger partial charge in [-0.25, -0.2) is 4.79 Å². The molecular formula is C8H15BrO3. The Morgan fingerprint density at radius 2 is 2.08 bits per heavy atom. The van der Waals surface area contributed by atoms with E-state index in [1.807, 2.05) is 13.8 Å². The third-order valence-electron chi connectivity index (χ3n) is 1.03. The molecule has 0 unspecified atom stereocenters. The second-order valence-electron chi connectivity index (χ2n) is 2.85. The van der Waals surface area contributed by atoms with Gasteiger partial charge in [0.1, 0.15) is 0 Å². The first-order valence-electron chi connectivity index (χ1n) is 4.02. The monoisotopic (exact) mass is 238 g/mol. The van der Waals surface area contributed by atoms with Crippen LogP contribution in [0.2, 0.25) is 0 Å². The van der Waals surface area contributed by atoms with E-state index >= 15 is 0 Å². The molecule has 72 valence electrons. The van der Waals surface area contributed by atoms with Gasteiger partial charge in [-0.3, -0.25) is 0 Å². The number of carbonyl (C=O) groups is 1. The molecule has 0 radical (unpaired) electrons. The van der Waals surface area contributed by atoms with E-state index in [0.29, 0.717) is 19.1 Å². The normalized spacial score (nSPS) is 10.0. The lowest BCUT2D eigenvalue weighted by molar-refractivity contribution is 0.0479. The summed E-state index contributed by atoms with van der Waals surface area (Å²) in [5.41, 5.74) is 0. The number of ether oxygens (including phenoxy) is 2. The fraction of sp³-hybridized carbons (Fsp3) is 0.875. The summed E-state index contributed by atoms with van der Waals surface area (Å²) in [6.45, 7) is 4.80. The molecule has 3 nitrogen and oxygen atoms in total. The van der Waals surface area contributed by atoms with E-state index in [0.717, 1.165) is 11.8 Å². The van der Waals surface area contributed by atoms with Crippen molar-refractivity contribution >= 4 is 22.1 Å². The van der Waals surface area contributed by atoms with Crippen LogP contribution in [0.15, 0.2) is 0 Å². The first-order chi connectivity index (χ1) is 5.66. The summed E-state index contributed by atoms with van der Waals surface area (Å²) in [7, 11) is 0. The zero-order valence-electron chi connectivity index (χ0n) is 7.51. The Labute approximate surface area is 81.6 Å². The molecule has 0 aromatic carbocycles. The molecular weight excluding hydrogens is 224 g/mol. The molecule has 0 bridgehead atoms. The van der Waals surface area contributed by atoms with Gasteiger partial charge in [0.25, 0.3) is 0 Å². The van der Waals surface area contributed by atoms with Gasteiger partial charge in [-0.2, -0.15) is 0 Å². The van der Waals surface area contributed by atoms with Crippen LogP contribution in [-0.4, -0.2) is 24.7 Å². The fourth-order valence-electron chi connectivity index (χ4n) is 0.486. The van der Waals surface area contributed by atoms with Gasteiger partial charge < -0.3 is 9.47 Å². The summed E-state index contributed by atoms with van der Waals surface area (Å²) in [6.07, 6.45) is 0.251. The Kier molecular flexibility index (Phi) is 7.25. The van der Waals surface area contributed by atoms with E-state index in [-0.39, 0.29) is 0 Å². The lowest BCUT2D eigenvalue weighted by atomic mass is 10.2. The van der Waals surface area contributed by atoms with Gasteiger partial charge in [0.05, 0.1) is 13.2 Å². The van der Waals surface area contributed by atoms with Crippen molar-refractivity contribution in [3.05, 3.63) is 0 Å². The van der Waals surface area contributed by atoms with Gasteiger partial charge in [0, 0.05) is 5.33 Å². The molecule has 0 aromatic rings.